The van der Waals surface area contributed by atoms with Crippen LogP contribution in [-0.2, 0) is 16.1 Å². The van der Waals surface area contributed by atoms with Crippen LogP contribution in [0.1, 0.15) is 5.56 Å². The number of fused-ring (bicyclic) bond motifs is 1. The summed E-state index contributed by atoms with van der Waals surface area (Å²) in [6.07, 6.45) is 0. The number of hydrogen-bond acceptors (Lipinski definition) is 5. The van der Waals surface area contributed by atoms with E-state index >= 15 is 0 Å². The van der Waals surface area contributed by atoms with Crippen LogP contribution in [0, 0.1) is 5.82 Å². The number of rotatable bonds is 9. The van der Waals surface area contributed by atoms with Crippen LogP contribution in [0.15, 0.2) is 83.9 Å². The molecule has 3 aromatic carbocycles. The second-order valence-corrected chi connectivity index (χ2v) is 8.45. The third kappa shape index (κ3) is 5.74. The highest BCUT2D eigenvalue weighted by molar-refractivity contribution is 8.00. The van der Waals surface area contributed by atoms with Crippen molar-refractivity contribution in [2.45, 2.75) is 11.6 Å². The molecule has 1 amide bonds. The molecule has 0 radical (unpaired) electrons. The number of nitrogens with zero attached hydrogens (tertiary/aromatic N) is 3. The Balaban J connectivity index is 1.54. The Hall–Kier alpha value is -3.29. The second-order valence-electron chi connectivity index (χ2n) is 7.49. The molecule has 0 aliphatic rings. The summed E-state index contributed by atoms with van der Waals surface area (Å²) >= 11 is 1.37. The number of hydrogen-bond donors (Lipinski definition) is 0. The standard InChI is InChI=1S/C26H24FN3O2S/c1-32-16-15-30(17-19-7-3-2-4-8-19)24(31)18-33-26-23-10-6-5-9-22(23)25(28-29-26)20-11-13-21(27)14-12-20/h2-14H,15-18H2,1H3. The molecule has 0 spiro atoms. The maximum Gasteiger partial charge on any atom is 0.233 e. The highest BCUT2D eigenvalue weighted by Crippen LogP contribution is 2.32. The first-order chi connectivity index (χ1) is 16.2. The first kappa shape index (κ1) is 22.9. The van der Waals surface area contributed by atoms with Crippen LogP contribution in [0.2, 0.25) is 0 Å². The fraction of sp³-hybridized carbons (Fsp3) is 0.192. The maximum atomic E-state index is 13.4. The minimum absolute atomic E-state index is 0.00870. The molecule has 4 rings (SSSR count). The van der Waals surface area contributed by atoms with Gasteiger partial charge in [-0.05, 0) is 29.8 Å². The Bertz CT molecular complexity index is 1220. The van der Waals surface area contributed by atoms with E-state index in [0.29, 0.717) is 30.4 Å². The van der Waals surface area contributed by atoms with Crippen LogP contribution < -0.4 is 0 Å². The quantitative estimate of drug-likeness (QED) is 0.321. The molecule has 168 valence electrons. The molecule has 4 aromatic rings. The molecule has 0 fully saturated rings. The summed E-state index contributed by atoms with van der Waals surface area (Å²) < 4.78 is 18.6. The van der Waals surface area contributed by atoms with Crippen LogP contribution in [0.3, 0.4) is 0 Å². The molecule has 5 nitrogen and oxygen atoms in total. The fourth-order valence-corrected chi connectivity index (χ4v) is 4.40. The lowest BCUT2D eigenvalue weighted by molar-refractivity contribution is -0.129. The van der Waals surface area contributed by atoms with E-state index in [0.717, 1.165) is 21.9 Å². The van der Waals surface area contributed by atoms with E-state index in [-0.39, 0.29) is 17.5 Å². The first-order valence-corrected chi connectivity index (χ1v) is 11.6. The number of carbonyl (C=O) groups excluding carboxylic acids is 1. The van der Waals surface area contributed by atoms with Crippen molar-refractivity contribution in [1.82, 2.24) is 15.1 Å². The summed E-state index contributed by atoms with van der Waals surface area (Å²) in [5.41, 5.74) is 2.55. The van der Waals surface area contributed by atoms with Crippen molar-refractivity contribution < 1.29 is 13.9 Å². The Kier molecular flexibility index (Phi) is 7.65. The lowest BCUT2D eigenvalue weighted by Crippen LogP contribution is -2.34. The fourth-order valence-electron chi connectivity index (χ4n) is 3.53. The Morgan fingerprint density at radius 2 is 1.64 bits per heavy atom. The molecular weight excluding hydrogens is 437 g/mol. The number of aromatic nitrogens is 2. The maximum absolute atomic E-state index is 13.4. The van der Waals surface area contributed by atoms with E-state index in [4.69, 9.17) is 4.74 Å². The molecule has 0 saturated heterocycles. The SMILES string of the molecule is COCCN(Cc1ccccc1)C(=O)CSc1nnc(-c2ccc(F)cc2)c2ccccc12. The summed E-state index contributed by atoms with van der Waals surface area (Å²) in [5.74, 6) is -0.0462. The monoisotopic (exact) mass is 461 g/mol. The van der Waals surface area contributed by atoms with Gasteiger partial charge in [0, 0.05) is 36.5 Å². The van der Waals surface area contributed by atoms with Gasteiger partial charge in [-0.3, -0.25) is 4.79 Å². The number of carbonyl (C=O) groups is 1. The smallest absolute Gasteiger partial charge is 0.233 e. The van der Waals surface area contributed by atoms with Crippen molar-refractivity contribution in [1.29, 1.82) is 0 Å². The zero-order valence-electron chi connectivity index (χ0n) is 18.3. The number of amides is 1. The predicted octanol–water partition coefficient (Wildman–Crippen LogP) is 5.20. The second kappa shape index (κ2) is 11.0. The molecule has 0 unspecified atom stereocenters. The zero-order valence-corrected chi connectivity index (χ0v) is 19.1. The molecule has 1 heterocycles. The van der Waals surface area contributed by atoms with Crippen molar-refractivity contribution in [3.63, 3.8) is 0 Å². The Labute approximate surface area is 196 Å². The van der Waals surface area contributed by atoms with Gasteiger partial charge in [-0.25, -0.2) is 4.39 Å². The zero-order chi connectivity index (χ0) is 23.0. The van der Waals surface area contributed by atoms with Gasteiger partial charge in [0.15, 0.2) is 0 Å². The van der Waals surface area contributed by atoms with Crippen molar-refractivity contribution in [2.24, 2.45) is 0 Å². The summed E-state index contributed by atoms with van der Waals surface area (Å²) in [6, 6.07) is 23.9. The molecule has 0 aliphatic heterocycles. The molecule has 1 aromatic heterocycles. The summed E-state index contributed by atoms with van der Waals surface area (Å²) in [7, 11) is 1.63. The average Bonchev–Trinajstić information content (AvgIpc) is 2.86. The van der Waals surface area contributed by atoms with Gasteiger partial charge in [-0.15, -0.1) is 10.2 Å². The average molecular weight is 462 g/mol. The predicted molar refractivity (Wildman–Crippen MR) is 129 cm³/mol. The third-order valence-electron chi connectivity index (χ3n) is 5.24. The van der Waals surface area contributed by atoms with E-state index in [1.807, 2.05) is 54.6 Å². The van der Waals surface area contributed by atoms with Crippen LogP contribution in [-0.4, -0.2) is 47.0 Å². The topological polar surface area (TPSA) is 55.3 Å². The molecule has 0 saturated carbocycles. The molecule has 7 heteroatoms. The minimum Gasteiger partial charge on any atom is -0.383 e. The van der Waals surface area contributed by atoms with Crippen LogP contribution in [0.25, 0.3) is 22.0 Å². The van der Waals surface area contributed by atoms with Gasteiger partial charge < -0.3 is 9.64 Å². The summed E-state index contributed by atoms with van der Waals surface area (Å²) in [4.78, 5) is 14.8. The number of ether oxygens (including phenoxy) is 1. The normalized spacial score (nSPS) is 11.0. The molecular formula is C26H24FN3O2S. The Morgan fingerprint density at radius 3 is 2.36 bits per heavy atom. The van der Waals surface area contributed by atoms with E-state index in [1.54, 1.807) is 24.1 Å². The number of benzene rings is 3. The van der Waals surface area contributed by atoms with Crippen LogP contribution in [0.5, 0.6) is 0 Å². The van der Waals surface area contributed by atoms with Gasteiger partial charge in [0.05, 0.1) is 12.4 Å². The number of thioether (sulfide) groups is 1. The summed E-state index contributed by atoms with van der Waals surface area (Å²) in [5, 5.41) is 11.3. The first-order valence-electron chi connectivity index (χ1n) is 10.6. The van der Waals surface area contributed by atoms with Gasteiger partial charge in [0.25, 0.3) is 0 Å². The van der Waals surface area contributed by atoms with Crippen LogP contribution in [0.4, 0.5) is 4.39 Å². The molecule has 0 aliphatic carbocycles. The number of halogens is 1. The third-order valence-corrected chi connectivity index (χ3v) is 6.20. The largest absolute Gasteiger partial charge is 0.383 e. The van der Waals surface area contributed by atoms with Gasteiger partial charge in [-0.1, -0.05) is 66.4 Å². The lowest BCUT2D eigenvalue weighted by atomic mass is 10.1. The van der Waals surface area contributed by atoms with E-state index in [9.17, 15) is 9.18 Å². The highest BCUT2D eigenvalue weighted by Gasteiger charge is 2.17. The van der Waals surface area contributed by atoms with Gasteiger partial charge in [-0.2, -0.15) is 0 Å². The van der Waals surface area contributed by atoms with Crippen molar-refractivity contribution in [3.8, 4) is 11.3 Å². The van der Waals surface area contributed by atoms with Gasteiger partial charge in [0.1, 0.15) is 16.5 Å². The highest BCUT2D eigenvalue weighted by atomic mass is 32.2. The van der Waals surface area contributed by atoms with E-state index in [2.05, 4.69) is 10.2 Å². The molecule has 0 N–H and O–H groups in total. The van der Waals surface area contributed by atoms with Crippen LogP contribution >= 0.6 is 11.8 Å². The van der Waals surface area contributed by atoms with Gasteiger partial charge in [0.2, 0.25) is 5.91 Å². The van der Waals surface area contributed by atoms with Gasteiger partial charge >= 0.3 is 0 Å². The summed E-state index contributed by atoms with van der Waals surface area (Å²) in [6.45, 7) is 1.51. The Morgan fingerprint density at radius 1 is 0.939 bits per heavy atom. The molecule has 0 atom stereocenters. The number of methoxy groups -OCH3 is 1. The lowest BCUT2D eigenvalue weighted by Gasteiger charge is -2.22. The van der Waals surface area contributed by atoms with Crippen molar-refractivity contribution >= 4 is 28.4 Å². The van der Waals surface area contributed by atoms with Crippen molar-refractivity contribution in [3.05, 3.63) is 90.2 Å². The molecule has 33 heavy (non-hydrogen) atoms. The van der Waals surface area contributed by atoms with E-state index in [1.165, 1.54) is 23.9 Å². The molecule has 0 bridgehead atoms. The van der Waals surface area contributed by atoms with E-state index < -0.39 is 0 Å². The van der Waals surface area contributed by atoms with Crippen molar-refractivity contribution in [2.75, 3.05) is 26.0 Å². The minimum atomic E-state index is -0.296.